The minimum absolute atomic E-state index is 0. The Morgan fingerprint density at radius 1 is 0.714 bits per heavy atom. The maximum atomic E-state index is 12.6. The fraction of sp³-hybridized carbons (Fsp3) is 0.929. The molecular weight excluding hydrogens is 728 g/mol. The molecule has 0 aromatic carbocycles. The molecule has 0 spiro atoms. The second kappa shape index (κ2) is 15.6. The van der Waals surface area contributed by atoms with Gasteiger partial charge in [-0.25, -0.2) is 4.79 Å². The average Bonchev–Trinajstić information content (AvgIpc) is 3.68. The van der Waals surface area contributed by atoms with Crippen molar-refractivity contribution < 1.29 is 75.4 Å². The molecule has 4 saturated carbocycles. The minimum atomic E-state index is -1.01. The van der Waals surface area contributed by atoms with Crippen LogP contribution in [0.4, 0.5) is 0 Å². The van der Waals surface area contributed by atoms with Crippen LogP contribution in [0.3, 0.4) is 0 Å². The Kier molecular flexibility index (Phi) is 11.6. The first-order valence-electron chi connectivity index (χ1n) is 21.3. The Morgan fingerprint density at radius 2 is 1.29 bits per heavy atom. The molecule has 3 saturated heterocycles. The topological polar surface area (TPSA) is 192 Å². The third kappa shape index (κ3) is 7.02. The van der Waals surface area contributed by atoms with Crippen molar-refractivity contribution in [3.05, 3.63) is 11.6 Å². The summed E-state index contributed by atoms with van der Waals surface area (Å²) in [6.07, 6.45) is -0.0154. The zero-order chi connectivity index (χ0) is 39.9. The normalized spacial score (nSPS) is 54.8. The molecule has 8 aliphatic rings. The van der Waals surface area contributed by atoms with Gasteiger partial charge in [0, 0.05) is 45.0 Å². The first-order chi connectivity index (χ1) is 26.5. The Balaban J connectivity index is 0.00000198. The van der Waals surface area contributed by atoms with Crippen molar-refractivity contribution in [3.63, 3.8) is 0 Å². The molecular formula is C42H76O14. The quantitative estimate of drug-likeness (QED) is 0.174. The van der Waals surface area contributed by atoms with Gasteiger partial charge >= 0.3 is 5.97 Å². The molecule has 0 bridgehead atoms. The van der Waals surface area contributed by atoms with Gasteiger partial charge in [0.1, 0.15) is 24.9 Å². The molecule has 328 valence electrons. The number of carbonyl (C=O) groups excluding carboxylic acids is 1. The van der Waals surface area contributed by atoms with E-state index in [1.165, 1.54) is 7.11 Å². The van der Waals surface area contributed by atoms with Crippen LogP contribution >= 0.6 is 0 Å². The summed E-state index contributed by atoms with van der Waals surface area (Å²) in [4.78, 5) is 12.0. The number of methoxy groups -OCH3 is 1. The summed E-state index contributed by atoms with van der Waals surface area (Å²) in [5, 5.41) is 57.3. The first-order valence-corrected chi connectivity index (χ1v) is 21.3. The van der Waals surface area contributed by atoms with Crippen molar-refractivity contribution in [1.29, 1.82) is 0 Å². The van der Waals surface area contributed by atoms with E-state index < -0.39 is 84.8 Å². The van der Waals surface area contributed by atoms with E-state index in [0.29, 0.717) is 18.8 Å². The summed E-state index contributed by atoms with van der Waals surface area (Å²) in [6, 6.07) is 0. The van der Waals surface area contributed by atoms with E-state index in [-0.39, 0.29) is 74.3 Å². The number of esters is 1. The van der Waals surface area contributed by atoms with Gasteiger partial charge in [-0.3, -0.25) is 0 Å². The van der Waals surface area contributed by atoms with Crippen molar-refractivity contribution in [2.45, 2.75) is 197 Å². The highest BCUT2D eigenvalue weighted by atomic mass is 16.7. The van der Waals surface area contributed by atoms with E-state index in [9.17, 15) is 30.3 Å². The maximum absolute atomic E-state index is 12.6. The Morgan fingerprint density at radius 3 is 1.82 bits per heavy atom. The minimum Gasteiger partial charge on any atom is -0.458 e. The first kappa shape index (κ1) is 41.5. The van der Waals surface area contributed by atoms with Gasteiger partial charge in [0.25, 0.3) is 0 Å². The highest BCUT2D eigenvalue weighted by Gasteiger charge is 2.71. The van der Waals surface area contributed by atoms with Gasteiger partial charge in [0.2, 0.25) is 0 Å². The third-order valence-electron chi connectivity index (χ3n) is 16.2. The third-order valence-corrected chi connectivity index (χ3v) is 16.2. The molecule has 4 aliphatic heterocycles. The van der Waals surface area contributed by atoms with E-state index in [4.69, 9.17) is 37.9 Å². The van der Waals surface area contributed by atoms with Gasteiger partial charge in [0.05, 0.1) is 54.4 Å². The lowest BCUT2D eigenvalue weighted by Crippen LogP contribution is -2.67. The average molecular weight is 805 g/mol. The molecule has 5 N–H and O–H groups in total. The molecule has 10 unspecified atom stereocenters. The predicted molar refractivity (Wildman–Crippen MR) is 208 cm³/mol. The van der Waals surface area contributed by atoms with E-state index in [1.54, 1.807) is 13.0 Å². The van der Waals surface area contributed by atoms with E-state index in [2.05, 4.69) is 6.92 Å². The summed E-state index contributed by atoms with van der Waals surface area (Å²) in [5.41, 5.74) is -0.877. The number of hydrogen-bond acceptors (Lipinski definition) is 14. The van der Waals surface area contributed by atoms with Gasteiger partial charge < -0.3 is 63.4 Å². The molecule has 4 heterocycles. The number of cyclic esters (lactones) is 1. The van der Waals surface area contributed by atoms with Crippen molar-refractivity contribution in [3.8, 4) is 0 Å². The molecule has 8 rings (SSSR count). The van der Waals surface area contributed by atoms with Gasteiger partial charge in [-0.15, -0.1) is 0 Å². The lowest BCUT2D eigenvalue weighted by Gasteiger charge is -2.65. The zero-order valence-electron chi connectivity index (χ0n) is 33.9. The number of ether oxygens (including phenoxy) is 8. The van der Waals surface area contributed by atoms with Crippen molar-refractivity contribution in [2.75, 3.05) is 13.7 Å². The van der Waals surface area contributed by atoms with Crippen LogP contribution in [-0.4, -0.2) is 137 Å². The number of aliphatic hydroxyl groups is 5. The number of rotatable bonds is 8. The van der Waals surface area contributed by atoms with Crippen LogP contribution in [0.15, 0.2) is 11.6 Å². The standard InChI is InChI=1S/C42H66O14.5H2/c1-20-37(49-6)29(43)16-35(51-20)55-39-22(3)53-36(18-31(39)45)56-38-21(2)52-34(17-30(38)44)54-25-9-11-40(4)24(14-25)7-8-27-28(40)15-32(46)41(5)26(10-12-42(27,41)48)23-13-33(47)50-19-23;;;;;/h13,20-22,24-32,34-39,43-46,48H,7-12,14-19H2,1-6H3;5*1H/t20-,21-,22-,24?,25?,26+,27?,28?,29+,30+,31+,32?,34+,35?,36?,37-,38?,39?,40+,41+,42?;;;;;/m1...../s1. The van der Waals surface area contributed by atoms with E-state index in [1.807, 2.05) is 20.8 Å². The van der Waals surface area contributed by atoms with Crippen LogP contribution in [0, 0.1) is 34.5 Å². The molecule has 14 nitrogen and oxygen atoms in total. The second-order valence-electron chi connectivity index (χ2n) is 19.0. The fourth-order valence-corrected chi connectivity index (χ4v) is 13.1. The van der Waals surface area contributed by atoms with Gasteiger partial charge in [0.15, 0.2) is 18.9 Å². The highest BCUT2D eigenvalue weighted by molar-refractivity contribution is 5.85. The SMILES string of the molecule is CO[C@H]1[C@@H](O)CC(OC2[C@@H](O)CC(OC3[C@@H](O)C[C@H](OC4CC[C@@]5(C)C(CCC6C5CC(O)[C@]5(C)[C@H](C7=CC(=O)OC7)CCC65O)C4)O[C@@H]3C)O[C@@H]2C)O[C@@H]1C.[HH].[HH].[HH].[HH].[HH]. The summed E-state index contributed by atoms with van der Waals surface area (Å²) in [5.74, 6) is 0.223. The van der Waals surface area contributed by atoms with Gasteiger partial charge in [-0.1, -0.05) is 13.8 Å². The van der Waals surface area contributed by atoms with Gasteiger partial charge in [-0.05, 0) is 107 Å². The fourth-order valence-electron chi connectivity index (χ4n) is 13.1. The van der Waals surface area contributed by atoms with Crippen LogP contribution in [-0.2, 0) is 42.7 Å². The number of fused-ring (bicyclic) bond motifs is 5. The molecule has 7 fully saturated rings. The maximum Gasteiger partial charge on any atom is 0.331 e. The summed E-state index contributed by atoms with van der Waals surface area (Å²) in [7, 11) is 1.53. The molecule has 0 aromatic heterocycles. The summed E-state index contributed by atoms with van der Waals surface area (Å²) < 4.78 is 47.8. The number of carbonyl (C=O) groups is 1. The van der Waals surface area contributed by atoms with Crippen molar-refractivity contribution >= 4 is 5.97 Å². The monoisotopic (exact) mass is 805 g/mol. The Bertz CT molecular complexity index is 1450. The zero-order valence-corrected chi connectivity index (χ0v) is 33.9. The smallest absolute Gasteiger partial charge is 0.331 e. The summed E-state index contributed by atoms with van der Waals surface area (Å²) >= 11 is 0. The highest BCUT2D eigenvalue weighted by Crippen LogP contribution is 2.70. The number of hydrogen-bond donors (Lipinski definition) is 5. The molecule has 4 aliphatic carbocycles. The molecule has 0 radical (unpaired) electrons. The molecule has 0 amide bonds. The van der Waals surface area contributed by atoms with Crippen LogP contribution in [0.2, 0.25) is 0 Å². The predicted octanol–water partition coefficient (Wildman–Crippen LogP) is 4.10. The molecule has 14 heteroatoms. The van der Waals surface area contributed by atoms with Crippen molar-refractivity contribution in [2.24, 2.45) is 34.5 Å². The summed E-state index contributed by atoms with van der Waals surface area (Å²) in [6.45, 7) is 10.1. The molecule has 21 atom stereocenters. The Hall–Kier alpha value is -1.27. The molecule has 0 aromatic rings. The number of aliphatic hydroxyl groups excluding tert-OH is 4. The van der Waals surface area contributed by atoms with Crippen LogP contribution in [0.1, 0.15) is 112 Å². The lowest BCUT2D eigenvalue weighted by atomic mass is 9.42. The Labute approximate surface area is 337 Å². The van der Waals surface area contributed by atoms with E-state index in [0.717, 1.165) is 44.1 Å². The van der Waals surface area contributed by atoms with Crippen LogP contribution in [0.5, 0.6) is 0 Å². The van der Waals surface area contributed by atoms with E-state index >= 15 is 0 Å². The largest absolute Gasteiger partial charge is 0.458 e. The van der Waals surface area contributed by atoms with Crippen molar-refractivity contribution in [1.82, 2.24) is 0 Å². The molecule has 56 heavy (non-hydrogen) atoms. The van der Waals surface area contributed by atoms with Gasteiger partial charge in [-0.2, -0.15) is 0 Å². The van der Waals surface area contributed by atoms with Crippen LogP contribution < -0.4 is 0 Å². The lowest BCUT2D eigenvalue weighted by molar-refractivity contribution is -0.336. The second-order valence-corrected chi connectivity index (χ2v) is 19.0. The van der Waals surface area contributed by atoms with Crippen LogP contribution in [0.25, 0.3) is 0 Å².